The topological polar surface area (TPSA) is 69.8 Å². The normalized spacial score (nSPS) is 15.3. The van der Waals surface area contributed by atoms with Gasteiger partial charge >= 0.3 is 0 Å². The Morgan fingerprint density at radius 2 is 1.87 bits per heavy atom. The molecule has 1 aromatic carbocycles. The van der Waals surface area contributed by atoms with Crippen LogP contribution in [0.1, 0.15) is 25.7 Å². The zero-order chi connectivity index (χ0) is 15.8. The quantitative estimate of drug-likeness (QED) is 0.644. The van der Waals surface area contributed by atoms with Crippen molar-refractivity contribution in [2.45, 2.75) is 31.7 Å². The Bertz CT molecular complexity index is 851. The number of aromatic hydroxyl groups is 2. The minimum Gasteiger partial charge on any atom is -0.504 e. The molecule has 3 N–H and O–H groups in total. The second-order valence-corrected chi connectivity index (χ2v) is 6.07. The molecule has 4 rings (SSSR count). The third-order valence-corrected chi connectivity index (χ3v) is 4.47. The molecule has 1 aliphatic carbocycles. The maximum absolute atomic E-state index is 9.81. The molecule has 0 amide bonds. The fraction of sp³-hybridized carbons (Fsp3) is 0.278. The standard InChI is InChI=1S/C18H19N3O2/c22-14-9-8-12(11-15(14)23)17-18(19-13-5-1-2-6-13)21-10-4-3-7-16(21)20-17/h3-4,7-11,13,19,22-23H,1-2,5-6H2. The van der Waals surface area contributed by atoms with E-state index in [-0.39, 0.29) is 11.5 Å². The number of benzene rings is 1. The van der Waals surface area contributed by atoms with Crippen molar-refractivity contribution in [3.05, 3.63) is 42.6 Å². The Labute approximate surface area is 134 Å². The molecule has 0 bridgehead atoms. The van der Waals surface area contributed by atoms with Gasteiger partial charge in [0.15, 0.2) is 11.5 Å². The van der Waals surface area contributed by atoms with Gasteiger partial charge in [-0.2, -0.15) is 0 Å². The van der Waals surface area contributed by atoms with Crippen molar-refractivity contribution in [3.63, 3.8) is 0 Å². The number of anilines is 1. The SMILES string of the molecule is Oc1ccc(-c2nc3ccccn3c2NC2CCCC2)cc1O. The van der Waals surface area contributed by atoms with Gasteiger partial charge in [0.25, 0.3) is 0 Å². The predicted octanol–water partition coefficient (Wildman–Crippen LogP) is 3.77. The molecule has 3 aromatic rings. The lowest BCUT2D eigenvalue weighted by Crippen LogP contribution is -2.16. The molecule has 5 nitrogen and oxygen atoms in total. The van der Waals surface area contributed by atoms with Gasteiger partial charge in [-0.25, -0.2) is 4.98 Å². The van der Waals surface area contributed by atoms with Crippen molar-refractivity contribution in [2.24, 2.45) is 0 Å². The molecule has 1 aliphatic rings. The van der Waals surface area contributed by atoms with Crippen LogP contribution in [0.2, 0.25) is 0 Å². The summed E-state index contributed by atoms with van der Waals surface area (Å²) in [5, 5.41) is 23.0. The van der Waals surface area contributed by atoms with Crippen LogP contribution in [-0.4, -0.2) is 25.6 Å². The van der Waals surface area contributed by atoms with Crippen LogP contribution in [0.25, 0.3) is 16.9 Å². The zero-order valence-electron chi connectivity index (χ0n) is 12.7. The number of phenols is 2. The molecule has 118 valence electrons. The molecule has 0 unspecified atom stereocenters. The largest absolute Gasteiger partial charge is 0.504 e. The Morgan fingerprint density at radius 1 is 1.04 bits per heavy atom. The lowest BCUT2D eigenvalue weighted by molar-refractivity contribution is 0.404. The van der Waals surface area contributed by atoms with E-state index in [2.05, 4.69) is 5.32 Å². The minimum atomic E-state index is -0.133. The third kappa shape index (κ3) is 2.48. The number of nitrogens with one attached hydrogen (secondary N) is 1. The van der Waals surface area contributed by atoms with Crippen LogP contribution >= 0.6 is 0 Å². The number of aromatic nitrogens is 2. The average molecular weight is 309 g/mol. The highest BCUT2D eigenvalue weighted by Gasteiger charge is 2.20. The first-order chi connectivity index (χ1) is 11.2. The number of imidazole rings is 1. The summed E-state index contributed by atoms with van der Waals surface area (Å²) in [5.41, 5.74) is 2.43. The van der Waals surface area contributed by atoms with Gasteiger partial charge in [0.05, 0.1) is 0 Å². The highest BCUT2D eigenvalue weighted by atomic mass is 16.3. The van der Waals surface area contributed by atoms with E-state index < -0.39 is 0 Å². The van der Waals surface area contributed by atoms with Crippen LogP contribution in [0.15, 0.2) is 42.6 Å². The number of nitrogens with zero attached hydrogens (tertiary/aromatic N) is 2. The van der Waals surface area contributed by atoms with Gasteiger partial charge in [-0.05, 0) is 43.2 Å². The monoisotopic (exact) mass is 309 g/mol. The van der Waals surface area contributed by atoms with E-state index in [1.807, 2.05) is 28.8 Å². The molecule has 1 fully saturated rings. The number of rotatable bonds is 3. The van der Waals surface area contributed by atoms with Gasteiger partial charge < -0.3 is 15.5 Å². The average Bonchev–Trinajstić information content (AvgIpc) is 3.19. The van der Waals surface area contributed by atoms with E-state index in [0.717, 1.165) is 22.7 Å². The molecule has 0 spiro atoms. The van der Waals surface area contributed by atoms with E-state index in [0.29, 0.717) is 6.04 Å². The molecular weight excluding hydrogens is 290 g/mol. The van der Waals surface area contributed by atoms with Crippen LogP contribution in [-0.2, 0) is 0 Å². The first-order valence-electron chi connectivity index (χ1n) is 7.98. The smallest absolute Gasteiger partial charge is 0.158 e. The van der Waals surface area contributed by atoms with Crippen LogP contribution < -0.4 is 5.32 Å². The number of hydrogen-bond donors (Lipinski definition) is 3. The molecule has 0 radical (unpaired) electrons. The van der Waals surface area contributed by atoms with Crippen LogP contribution in [0, 0.1) is 0 Å². The summed E-state index contributed by atoms with van der Waals surface area (Å²) < 4.78 is 2.04. The Balaban J connectivity index is 1.85. The molecule has 1 saturated carbocycles. The van der Waals surface area contributed by atoms with E-state index in [9.17, 15) is 10.2 Å². The van der Waals surface area contributed by atoms with Crippen LogP contribution in [0.4, 0.5) is 5.82 Å². The van der Waals surface area contributed by atoms with Crippen molar-refractivity contribution in [1.82, 2.24) is 9.38 Å². The van der Waals surface area contributed by atoms with Gasteiger partial charge in [-0.15, -0.1) is 0 Å². The number of pyridine rings is 1. The molecule has 2 heterocycles. The second kappa shape index (κ2) is 5.50. The van der Waals surface area contributed by atoms with Crippen molar-refractivity contribution >= 4 is 11.5 Å². The highest BCUT2D eigenvalue weighted by molar-refractivity contribution is 5.78. The van der Waals surface area contributed by atoms with Gasteiger partial charge in [-0.3, -0.25) is 4.40 Å². The molecule has 23 heavy (non-hydrogen) atoms. The Kier molecular flexibility index (Phi) is 3.33. The first kappa shape index (κ1) is 13.9. The minimum absolute atomic E-state index is 0.122. The summed E-state index contributed by atoms with van der Waals surface area (Å²) >= 11 is 0. The lowest BCUT2D eigenvalue weighted by Gasteiger charge is -2.15. The number of fused-ring (bicyclic) bond motifs is 1. The van der Waals surface area contributed by atoms with Crippen LogP contribution in [0.3, 0.4) is 0 Å². The molecule has 0 aliphatic heterocycles. The van der Waals surface area contributed by atoms with Gasteiger partial charge in [-0.1, -0.05) is 18.9 Å². The van der Waals surface area contributed by atoms with E-state index in [1.54, 1.807) is 12.1 Å². The summed E-state index contributed by atoms with van der Waals surface area (Å²) in [6.07, 6.45) is 6.83. The van der Waals surface area contributed by atoms with Crippen molar-refractivity contribution in [2.75, 3.05) is 5.32 Å². The molecular formula is C18H19N3O2. The van der Waals surface area contributed by atoms with Gasteiger partial charge in [0, 0.05) is 17.8 Å². The Morgan fingerprint density at radius 3 is 2.65 bits per heavy atom. The van der Waals surface area contributed by atoms with Crippen molar-refractivity contribution in [3.8, 4) is 22.8 Å². The number of hydrogen-bond acceptors (Lipinski definition) is 4. The van der Waals surface area contributed by atoms with E-state index >= 15 is 0 Å². The Hall–Kier alpha value is -2.69. The predicted molar refractivity (Wildman–Crippen MR) is 89.8 cm³/mol. The zero-order valence-corrected chi connectivity index (χ0v) is 12.7. The van der Waals surface area contributed by atoms with Gasteiger partial charge in [0.1, 0.15) is 17.2 Å². The highest BCUT2D eigenvalue weighted by Crippen LogP contribution is 2.35. The summed E-state index contributed by atoms with van der Waals surface area (Å²) in [5.74, 6) is 0.687. The maximum atomic E-state index is 9.81. The third-order valence-electron chi connectivity index (χ3n) is 4.47. The second-order valence-electron chi connectivity index (χ2n) is 6.07. The molecule has 5 heteroatoms. The summed E-state index contributed by atoms with van der Waals surface area (Å²) in [6.45, 7) is 0. The molecule has 0 saturated heterocycles. The van der Waals surface area contributed by atoms with E-state index in [1.165, 1.54) is 31.7 Å². The summed E-state index contributed by atoms with van der Waals surface area (Å²) in [7, 11) is 0. The fourth-order valence-corrected chi connectivity index (χ4v) is 3.27. The van der Waals surface area contributed by atoms with E-state index in [4.69, 9.17) is 4.98 Å². The maximum Gasteiger partial charge on any atom is 0.158 e. The van der Waals surface area contributed by atoms with Crippen molar-refractivity contribution in [1.29, 1.82) is 0 Å². The molecule has 0 atom stereocenters. The molecule has 2 aromatic heterocycles. The number of phenolic OH excluding ortho intramolecular Hbond substituents is 2. The van der Waals surface area contributed by atoms with Crippen molar-refractivity contribution < 1.29 is 10.2 Å². The summed E-state index contributed by atoms with van der Waals surface area (Å²) in [6, 6.07) is 11.2. The lowest BCUT2D eigenvalue weighted by atomic mass is 10.1. The van der Waals surface area contributed by atoms with Gasteiger partial charge in [0.2, 0.25) is 0 Å². The fourth-order valence-electron chi connectivity index (χ4n) is 3.27. The van der Waals surface area contributed by atoms with Crippen LogP contribution in [0.5, 0.6) is 11.5 Å². The summed E-state index contributed by atoms with van der Waals surface area (Å²) in [4.78, 5) is 4.70. The first-order valence-corrected chi connectivity index (χ1v) is 7.98.